The van der Waals surface area contributed by atoms with Crippen LogP contribution >= 0.6 is 0 Å². The van der Waals surface area contributed by atoms with Gasteiger partial charge in [0.15, 0.2) is 0 Å². The minimum Gasteiger partial charge on any atom is -0.495 e. The van der Waals surface area contributed by atoms with E-state index in [9.17, 15) is 13.2 Å². The molecule has 0 aromatic heterocycles. The Balaban J connectivity index is 2.29. The van der Waals surface area contributed by atoms with Crippen LogP contribution in [0.15, 0.2) is 47.4 Å². The summed E-state index contributed by atoms with van der Waals surface area (Å²) in [7, 11) is -2.45. The van der Waals surface area contributed by atoms with Gasteiger partial charge in [-0.15, -0.1) is 0 Å². The van der Waals surface area contributed by atoms with Crippen molar-refractivity contribution >= 4 is 21.6 Å². The highest BCUT2D eigenvalue weighted by Crippen LogP contribution is 2.28. The molecule has 1 N–H and O–H groups in total. The molecule has 0 bridgehead atoms. The number of nitrogens with one attached hydrogen (secondary N) is 1. The number of nitrogens with zero attached hydrogens (tertiary/aromatic N) is 1. The minimum atomic E-state index is -3.88. The lowest BCUT2D eigenvalue weighted by atomic mass is 10.2. The smallest absolute Gasteiger partial charge is 0.247 e. The van der Waals surface area contributed by atoms with Crippen LogP contribution in [0.3, 0.4) is 0 Å². The molecule has 0 saturated heterocycles. The Morgan fingerprint density at radius 1 is 1.15 bits per heavy atom. The highest BCUT2D eigenvalue weighted by molar-refractivity contribution is 7.89. The number of methoxy groups -OCH3 is 1. The second-order valence-electron chi connectivity index (χ2n) is 6.36. The number of hydrogen-bond acceptors (Lipinski definition) is 4. The molecule has 146 valence electrons. The lowest BCUT2D eigenvalue weighted by Gasteiger charge is -2.22. The first-order chi connectivity index (χ1) is 12.8. The number of sulfonamides is 1. The van der Waals surface area contributed by atoms with E-state index in [-0.39, 0.29) is 29.6 Å². The first kappa shape index (κ1) is 20.9. The predicted molar refractivity (Wildman–Crippen MR) is 107 cm³/mol. The van der Waals surface area contributed by atoms with Gasteiger partial charge in [0.05, 0.1) is 13.7 Å². The lowest BCUT2D eigenvalue weighted by molar-refractivity contribution is -0.116. The van der Waals surface area contributed by atoms with Gasteiger partial charge in [-0.3, -0.25) is 4.79 Å². The molecule has 0 atom stereocenters. The molecule has 2 aromatic carbocycles. The molecule has 1 amide bonds. The quantitative estimate of drug-likeness (QED) is 0.750. The summed E-state index contributed by atoms with van der Waals surface area (Å²) in [5.74, 6) is -0.117. The number of amides is 1. The second-order valence-corrected chi connectivity index (χ2v) is 8.26. The van der Waals surface area contributed by atoms with E-state index in [0.29, 0.717) is 12.1 Å². The van der Waals surface area contributed by atoms with Gasteiger partial charge in [-0.1, -0.05) is 31.2 Å². The van der Waals surface area contributed by atoms with Crippen LogP contribution in [0, 0.1) is 13.8 Å². The molecule has 0 spiro atoms. The second kappa shape index (κ2) is 9.01. The number of aryl methyl sites for hydroxylation is 2. The van der Waals surface area contributed by atoms with Gasteiger partial charge in [0, 0.05) is 12.2 Å². The van der Waals surface area contributed by atoms with Crippen LogP contribution in [0.4, 0.5) is 5.69 Å². The van der Waals surface area contributed by atoms with Crippen LogP contribution < -0.4 is 10.1 Å². The number of carbonyl (C=O) groups excluding carboxylic acids is 1. The van der Waals surface area contributed by atoms with E-state index in [1.54, 1.807) is 24.3 Å². The van der Waals surface area contributed by atoms with Crippen LogP contribution in [0.5, 0.6) is 5.75 Å². The van der Waals surface area contributed by atoms with Crippen molar-refractivity contribution in [2.24, 2.45) is 0 Å². The van der Waals surface area contributed by atoms with Crippen LogP contribution in [-0.4, -0.2) is 38.8 Å². The van der Waals surface area contributed by atoms with Crippen molar-refractivity contribution in [3.63, 3.8) is 0 Å². The number of carbonyl (C=O) groups is 1. The van der Waals surface area contributed by atoms with Crippen molar-refractivity contribution in [3.8, 4) is 5.75 Å². The third-order valence-corrected chi connectivity index (χ3v) is 6.02. The van der Waals surface area contributed by atoms with Crippen LogP contribution in [0.1, 0.15) is 24.5 Å². The molecule has 2 rings (SSSR count). The maximum absolute atomic E-state index is 13.2. The molecule has 7 heteroatoms. The largest absolute Gasteiger partial charge is 0.495 e. The number of benzene rings is 2. The number of rotatable bonds is 8. The summed E-state index contributed by atoms with van der Waals surface area (Å²) in [6, 6.07) is 12.3. The van der Waals surface area contributed by atoms with E-state index in [1.165, 1.54) is 11.4 Å². The molecule has 0 radical (unpaired) electrons. The first-order valence-electron chi connectivity index (χ1n) is 8.80. The third-order valence-electron chi connectivity index (χ3n) is 4.15. The number of ether oxygens (including phenoxy) is 1. The minimum absolute atomic E-state index is 0.0714. The van der Waals surface area contributed by atoms with E-state index in [1.807, 2.05) is 39.0 Å². The fourth-order valence-corrected chi connectivity index (χ4v) is 4.45. The van der Waals surface area contributed by atoms with E-state index in [2.05, 4.69) is 5.32 Å². The molecule has 0 heterocycles. The molecular formula is C20H26N2O4S. The van der Waals surface area contributed by atoms with Gasteiger partial charge >= 0.3 is 0 Å². The molecule has 6 nitrogen and oxygen atoms in total. The molecule has 0 aliphatic rings. The topological polar surface area (TPSA) is 75.7 Å². The maximum Gasteiger partial charge on any atom is 0.247 e. The summed E-state index contributed by atoms with van der Waals surface area (Å²) in [4.78, 5) is 12.6. The van der Waals surface area contributed by atoms with Crippen molar-refractivity contribution < 1.29 is 17.9 Å². The highest BCUT2D eigenvalue weighted by Gasteiger charge is 2.29. The fourth-order valence-electron chi connectivity index (χ4n) is 2.72. The third kappa shape index (κ3) is 5.08. The summed E-state index contributed by atoms with van der Waals surface area (Å²) in [5, 5.41) is 2.79. The molecule has 0 saturated carbocycles. The Labute approximate surface area is 161 Å². The molecular weight excluding hydrogens is 364 g/mol. The van der Waals surface area contributed by atoms with Crippen molar-refractivity contribution in [1.82, 2.24) is 4.31 Å². The van der Waals surface area contributed by atoms with Gasteiger partial charge < -0.3 is 10.1 Å². The summed E-state index contributed by atoms with van der Waals surface area (Å²) in [6.07, 6.45) is 0.588. The van der Waals surface area contributed by atoms with Crippen molar-refractivity contribution in [3.05, 3.63) is 53.6 Å². The molecule has 0 fully saturated rings. The van der Waals surface area contributed by atoms with E-state index in [4.69, 9.17) is 4.74 Å². The number of anilines is 1. The average molecular weight is 391 g/mol. The van der Waals surface area contributed by atoms with Crippen LogP contribution in [0.25, 0.3) is 0 Å². The number of hydrogen-bond donors (Lipinski definition) is 1. The van der Waals surface area contributed by atoms with E-state index in [0.717, 1.165) is 11.1 Å². The Hall–Kier alpha value is -2.38. The summed E-state index contributed by atoms with van der Waals surface area (Å²) < 4.78 is 32.8. The Morgan fingerprint density at radius 2 is 1.85 bits per heavy atom. The Bertz CT molecular complexity index is 910. The zero-order valence-electron chi connectivity index (χ0n) is 16.2. The fraction of sp³-hybridized carbons (Fsp3) is 0.350. The summed E-state index contributed by atoms with van der Waals surface area (Å²) in [6.45, 7) is 5.54. The zero-order chi connectivity index (χ0) is 20.0. The number of para-hydroxylation sites is 1. The molecule has 0 aliphatic heterocycles. The standard InChI is InChI=1S/C20H26N2O4S/c1-5-12-22(14-20(23)21-17-9-7-6-8-16(17)3)27(24,25)19-13-15(2)10-11-18(19)26-4/h6-11,13H,5,12,14H2,1-4H3,(H,21,23). The SMILES string of the molecule is CCCN(CC(=O)Nc1ccccc1C)S(=O)(=O)c1cc(C)ccc1OC. The van der Waals surface area contributed by atoms with Crippen LogP contribution in [0.2, 0.25) is 0 Å². The molecule has 27 heavy (non-hydrogen) atoms. The first-order valence-corrected chi connectivity index (χ1v) is 10.2. The summed E-state index contributed by atoms with van der Waals surface area (Å²) >= 11 is 0. The van der Waals surface area contributed by atoms with Gasteiger partial charge in [0.1, 0.15) is 10.6 Å². The van der Waals surface area contributed by atoms with E-state index >= 15 is 0 Å². The van der Waals surface area contributed by atoms with Crippen molar-refractivity contribution in [2.75, 3.05) is 25.5 Å². The van der Waals surface area contributed by atoms with Crippen molar-refractivity contribution in [2.45, 2.75) is 32.1 Å². The molecule has 0 aliphatic carbocycles. The Morgan fingerprint density at radius 3 is 2.48 bits per heavy atom. The zero-order valence-corrected chi connectivity index (χ0v) is 17.0. The van der Waals surface area contributed by atoms with Gasteiger partial charge in [-0.05, 0) is 49.6 Å². The predicted octanol–water partition coefficient (Wildman–Crippen LogP) is 3.35. The van der Waals surface area contributed by atoms with Crippen molar-refractivity contribution in [1.29, 1.82) is 0 Å². The molecule has 2 aromatic rings. The average Bonchev–Trinajstić information content (AvgIpc) is 2.63. The Kier molecular flexibility index (Phi) is 6.98. The maximum atomic E-state index is 13.2. The van der Waals surface area contributed by atoms with Gasteiger partial charge in [0.2, 0.25) is 15.9 Å². The van der Waals surface area contributed by atoms with Gasteiger partial charge in [0.25, 0.3) is 0 Å². The van der Waals surface area contributed by atoms with Gasteiger partial charge in [-0.25, -0.2) is 8.42 Å². The van der Waals surface area contributed by atoms with Gasteiger partial charge in [-0.2, -0.15) is 4.31 Å². The monoisotopic (exact) mass is 390 g/mol. The normalized spacial score (nSPS) is 11.4. The van der Waals surface area contributed by atoms with E-state index < -0.39 is 10.0 Å². The van der Waals surface area contributed by atoms with Crippen LogP contribution in [-0.2, 0) is 14.8 Å². The summed E-state index contributed by atoms with van der Waals surface area (Å²) in [5.41, 5.74) is 2.38. The molecule has 0 unspecified atom stereocenters. The highest BCUT2D eigenvalue weighted by atomic mass is 32.2. The lowest BCUT2D eigenvalue weighted by Crippen LogP contribution is -2.38.